The van der Waals surface area contributed by atoms with Gasteiger partial charge in [-0.1, -0.05) is 44.2 Å². The van der Waals surface area contributed by atoms with Crippen LogP contribution >= 0.6 is 0 Å². The van der Waals surface area contributed by atoms with Crippen LogP contribution < -0.4 is 15.7 Å². The van der Waals surface area contributed by atoms with Crippen LogP contribution in [0.2, 0.25) is 0 Å². The van der Waals surface area contributed by atoms with E-state index >= 15 is 0 Å². The Hall–Kier alpha value is -3.61. The van der Waals surface area contributed by atoms with Gasteiger partial charge in [0.2, 0.25) is 0 Å². The Labute approximate surface area is 186 Å². The molecule has 0 bridgehead atoms. The summed E-state index contributed by atoms with van der Waals surface area (Å²) >= 11 is 0. The van der Waals surface area contributed by atoms with Gasteiger partial charge in [-0.2, -0.15) is 0 Å². The summed E-state index contributed by atoms with van der Waals surface area (Å²) in [5, 5.41) is 3.37. The van der Waals surface area contributed by atoms with Crippen LogP contribution in [0.5, 0.6) is 5.75 Å². The van der Waals surface area contributed by atoms with E-state index in [4.69, 9.17) is 13.9 Å². The molecule has 0 radical (unpaired) electrons. The van der Waals surface area contributed by atoms with Crippen LogP contribution in [0.1, 0.15) is 37.0 Å². The number of hydrogen-bond acceptors (Lipinski definition) is 6. The average Bonchev–Trinajstić information content (AvgIpc) is 2.74. The number of esters is 1. The second-order valence-corrected chi connectivity index (χ2v) is 8.12. The van der Waals surface area contributed by atoms with E-state index in [1.54, 1.807) is 19.1 Å². The highest BCUT2D eigenvalue weighted by atomic mass is 16.6. The highest BCUT2D eigenvalue weighted by molar-refractivity contribution is 5.87. The quantitative estimate of drug-likeness (QED) is 0.328. The largest absolute Gasteiger partial charge is 0.445 e. The van der Waals surface area contributed by atoms with E-state index in [1.165, 1.54) is 6.07 Å². The minimum Gasteiger partial charge on any atom is -0.445 e. The zero-order valence-corrected chi connectivity index (χ0v) is 18.6. The van der Waals surface area contributed by atoms with Crippen molar-refractivity contribution in [2.45, 2.75) is 46.8 Å². The first-order valence-electron chi connectivity index (χ1n) is 10.5. The van der Waals surface area contributed by atoms with Crippen LogP contribution in [0.25, 0.3) is 11.0 Å². The molecule has 0 unspecified atom stereocenters. The molecule has 168 valence electrons. The number of ether oxygens (including phenoxy) is 2. The number of alkyl carbamates (subject to hydrolysis) is 1. The molecule has 3 aromatic rings. The molecule has 0 saturated heterocycles. The molecule has 0 saturated carbocycles. The van der Waals surface area contributed by atoms with Crippen molar-refractivity contribution in [3.63, 3.8) is 0 Å². The van der Waals surface area contributed by atoms with Crippen molar-refractivity contribution in [3.8, 4) is 5.75 Å². The fourth-order valence-corrected chi connectivity index (χ4v) is 3.38. The predicted molar refractivity (Wildman–Crippen MR) is 121 cm³/mol. The van der Waals surface area contributed by atoms with Crippen molar-refractivity contribution in [1.82, 2.24) is 5.32 Å². The van der Waals surface area contributed by atoms with Gasteiger partial charge in [-0.15, -0.1) is 0 Å². The van der Waals surface area contributed by atoms with Crippen LogP contribution in [0.4, 0.5) is 4.79 Å². The molecule has 7 heteroatoms. The zero-order valence-electron chi connectivity index (χ0n) is 18.6. The third kappa shape index (κ3) is 5.75. The number of hydrogen-bond donors (Lipinski definition) is 1. The lowest BCUT2D eigenvalue weighted by atomic mass is 10.0. The first-order chi connectivity index (χ1) is 15.2. The van der Waals surface area contributed by atoms with Crippen molar-refractivity contribution in [3.05, 3.63) is 75.6 Å². The molecule has 2 aromatic carbocycles. The SMILES string of the molecule is Cc1cc(=O)oc2c(C)c(OC(=O)[C@H](CC(C)C)NC(=O)OCc3ccccc3)ccc12. The van der Waals surface area contributed by atoms with E-state index in [2.05, 4.69) is 5.32 Å². The van der Waals surface area contributed by atoms with Crippen LogP contribution in [0, 0.1) is 19.8 Å². The molecule has 0 aliphatic rings. The Morgan fingerprint density at radius 1 is 1.06 bits per heavy atom. The maximum absolute atomic E-state index is 12.9. The van der Waals surface area contributed by atoms with Crippen LogP contribution in [0.15, 0.2) is 57.7 Å². The third-order valence-electron chi connectivity index (χ3n) is 5.03. The Bertz CT molecular complexity index is 1170. The molecule has 0 spiro atoms. The van der Waals surface area contributed by atoms with Crippen molar-refractivity contribution < 1.29 is 23.5 Å². The lowest BCUT2D eigenvalue weighted by Crippen LogP contribution is -2.44. The van der Waals surface area contributed by atoms with Gasteiger partial charge in [0.05, 0.1) is 0 Å². The number of amides is 1. The number of carbonyl (C=O) groups excluding carboxylic acids is 2. The van der Waals surface area contributed by atoms with Gasteiger partial charge in [0, 0.05) is 17.0 Å². The van der Waals surface area contributed by atoms with Gasteiger partial charge in [0.1, 0.15) is 24.0 Å². The smallest absolute Gasteiger partial charge is 0.408 e. The topological polar surface area (TPSA) is 94.8 Å². The number of fused-ring (bicyclic) bond motifs is 1. The van der Waals surface area contributed by atoms with Crippen molar-refractivity contribution >= 4 is 23.0 Å². The van der Waals surface area contributed by atoms with Crippen LogP contribution in [0.3, 0.4) is 0 Å². The summed E-state index contributed by atoms with van der Waals surface area (Å²) in [5.41, 5.74) is 2.05. The van der Waals surface area contributed by atoms with Crippen molar-refractivity contribution in [1.29, 1.82) is 0 Å². The molecule has 7 nitrogen and oxygen atoms in total. The summed E-state index contributed by atoms with van der Waals surface area (Å²) in [6.07, 6.45) is -0.326. The summed E-state index contributed by atoms with van der Waals surface area (Å²) in [7, 11) is 0. The molecule has 0 aliphatic heterocycles. The van der Waals surface area contributed by atoms with Gasteiger partial charge >= 0.3 is 17.7 Å². The number of nitrogens with one attached hydrogen (secondary N) is 1. The summed E-state index contributed by atoms with van der Waals surface area (Å²) in [4.78, 5) is 37.0. The van der Waals surface area contributed by atoms with Gasteiger partial charge in [0.25, 0.3) is 0 Å². The third-order valence-corrected chi connectivity index (χ3v) is 5.03. The Morgan fingerprint density at radius 3 is 2.47 bits per heavy atom. The summed E-state index contributed by atoms with van der Waals surface area (Å²) < 4.78 is 16.2. The molecule has 1 aromatic heterocycles. The highest BCUT2D eigenvalue weighted by Gasteiger charge is 2.26. The fraction of sp³-hybridized carbons (Fsp3) is 0.320. The fourth-order valence-electron chi connectivity index (χ4n) is 3.38. The average molecular weight is 437 g/mol. The number of carbonyl (C=O) groups is 2. The lowest BCUT2D eigenvalue weighted by Gasteiger charge is -2.20. The van der Waals surface area contributed by atoms with Gasteiger partial charge in [0.15, 0.2) is 0 Å². The van der Waals surface area contributed by atoms with Gasteiger partial charge in [-0.05, 0) is 49.4 Å². The van der Waals surface area contributed by atoms with Gasteiger partial charge < -0.3 is 19.2 Å². The van der Waals surface area contributed by atoms with Crippen molar-refractivity contribution in [2.24, 2.45) is 5.92 Å². The Morgan fingerprint density at radius 2 is 1.78 bits per heavy atom. The van der Waals surface area contributed by atoms with E-state index < -0.39 is 23.7 Å². The minimum atomic E-state index is -0.891. The number of aryl methyl sites for hydroxylation is 2. The predicted octanol–water partition coefficient (Wildman–Crippen LogP) is 4.66. The molecule has 1 heterocycles. The summed E-state index contributed by atoms with van der Waals surface area (Å²) in [5.74, 6) is -0.224. The Balaban J connectivity index is 1.73. The second kappa shape index (κ2) is 10.1. The number of rotatable bonds is 7. The van der Waals surface area contributed by atoms with Gasteiger partial charge in [-0.3, -0.25) is 0 Å². The summed E-state index contributed by atoms with van der Waals surface area (Å²) in [6, 6.07) is 13.2. The lowest BCUT2D eigenvalue weighted by molar-refractivity contribution is -0.137. The number of benzene rings is 2. The molecular weight excluding hydrogens is 410 g/mol. The van der Waals surface area contributed by atoms with E-state index in [9.17, 15) is 14.4 Å². The van der Waals surface area contributed by atoms with Gasteiger partial charge in [-0.25, -0.2) is 14.4 Å². The first-order valence-corrected chi connectivity index (χ1v) is 10.5. The monoisotopic (exact) mass is 437 g/mol. The normalized spacial score (nSPS) is 11.9. The minimum absolute atomic E-state index is 0.0955. The van der Waals surface area contributed by atoms with E-state index in [0.717, 1.165) is 16.5 Å². The molecule has 0 fully saturated rings. The molecule has 1 N–H and O–H groups in total. The van der Waals surface area contributed by atoms with E-state index in [-0.39, 0.29) is 18.3 Å². The molecule has 0 aliphatic carbocycles. The van der Waals surface area contributed by atoms with Crippen molar-refractivity contribution in [2.75, 3.05) is 0 Å². The van der Waals surface area contributed by atoms with Crippen LogP contribution in [-0.4, -0.2) is 18.1 Å². The standard InChI is InChI=1S/C25H27NO6/c1-15(2)12-20(26-25(29)30-14-18-8-6-5-7-9-18)24(28)31-21-11-10-19-16(3)13-22(27)32-23(19)17(21)4/h5-11,13,15,20H,12,14H2,1-4H3,(H,26,29)/t20-/m0/s1. The molecule has 1 amide bonds. The molecular formula is C25H27NO6. The molecule has 32 heavy (non-hydrogen) atoms. The van der Waals surface area contributed by atoms with Crippen LogP contribution in [-0.2, 0) is 16.1 Å². The maximum atomic E-state index is 12.9. The highest BCUT2D eigenvalue weighted by Crippen LogP contribution is 2.28. The maximum Gasteiger partial charge on any atom is 0.408 e. The first kappa shape index (κ1) is 23.1. The van der Waals surface area contributed by atoms with E-state index in [1.807, 2.05) is 51.1 Å². The summed E-state index contributed by atoms with van der Waals surface area (Å²) in [6.45, 7) is 7.50. The molecule has 1 atom stereocenters. The zero-order chi connectivity index (χ0) is 23.3. The Kier molecular flexibility index (Phi) is 7.30. The van der Waals surface area contributed by atoms with E-state index in [0.29, 0.717) is 17.6 Å². The second-order valence-electron chi connectivity index (χ2n) is 8.12. The molecule has 3 rings (SSSR count).